The second kappa shape index (κ2) is 5.59. The maximum Gasteiger partial charge on any atom is 0.302 e. The third-order valence-electron chi connectivity index (χ3n) is 3.43. The number of anilines is 1. The third-order valence-corrected chi connectivity index (χ3v) is 5.26. The minimum Gasteiger partial charge on any atom is -0.324 e. The molecule has 0 fully saturated rings. The number of hydrogen-bond donors (Lipinski definition) is 2. The average molecular weight is 311 g/mol. The molecule has 0 spiro atoms. The summed E-state index contributed by atoms with van der Waals surface area (Å²) in [5.74, 6) is 0. The first kappa shape index (κ1) is 16.3. The number of fused-ring (bicyclic) bond motifs is 1. The molecule has 0 amide bonds. The van der Waals surface area contributed by atoms with Crippen molar-refractivity contribution in [2.45, 2.75) is 52.1 Å². The second-order valence-electron chi connectivity index (χ2n) is 6.71. The first-order valence-corrected chi connectivity index (χ1v) is 8.74. The number of rotatable bonds is 3. The molecule has 0 aromatic heterocycles. The standard InChI is InChI=1S/C15H25N3O2S/c1-11(16)12-7-8-14-13(10-12)6-5-9-18(14)21(19,20)17-15(2,3)4/h7-8,10-11,17H,5-6,9,16H2,1-4H3. The van der Waals surface area contributed by atoms with Gasteiger partial charge in [-0.2, -0.15) is 13.1 Å². The lowest BCUT2D eigenvalue weighted by atomic mass is 9.98. The second-order valence-corrected chi connectivity index (χ2v) is 8.30. The molecule has 0 radical (unpaired) electrons. The highest BCUT2D eigenvalue weighted by Crippen LogP contribution is 2.31. The quantitative estimate of drug-likeness (QED) is 0.897. The van der Waals surface area contributed by atoms with Crippen LogP contribution in [0.15, 0.2) is 18.2 Å². The minimum absolute atomic E-state index is 0.0463. The van der Waals surface area contributed by atoms with Crippen LogP contribution in [-0.4, -0.2) is 20.5 Å². The molecular formula is C15H25N3O2S. The lowest BCUT2D eigenvalue weighted by Crippen LogP contribution is -2.50. The van der Waals surface area contributed by atoms with E-state index in [-0.39, 0.29) is 6.04 Å². The zero-order valence-corrected chi connectivity index (χ0v) is 14.0. The van der Waals surface area contributed by atoms with Crippen molar-refractivity contribution in [1.82, 2.24) is 4.72 Å². The van der Waals surface area contributed by atoms with E-state index in [4.69, 9.17) is 5.73 Å². The summed E-state index contributed by atoms with van der Waals surface area (Å²) in [6, 6.07) is 5.76. The molecule has 6 heteroatoms. The predicted octanol–water partition coefficient (Wildman–Crippen LogP) is 2.09. The molecule has 21 heavy (non-hydrogen) atoms. The van der Waals surface area contributed by atoms with Crippen molar-refractivity contribution in [3.63, 3.8) is 0 Å². The van der Waals surface area contributed by atoms with Gasteiger partial charge in [-0.05, 0) is 57.7 Å². The van der Waals surface area contributed by atoms with Gasteiger partial charge >= 0.3 is 10.2 Å². The van der Waals surface area contributed by atoms with E-state index in [1.165, 1.54) is 4.31 Å². The summed E-state index contributed by atoms with van der Waals surface area (Å²) >= 11 is 0. The van der Waals surface area contributed by atoms with Gasteiger partial charge in [-0.15, -0.1) is 0 Å². The molecule has 0 saturated heterocycles. The molecule has 5 nitrogen and oxygen atoms in total. The molecule has 0 aliphatic carbocycles. The molecule has 1 aliphatic heterocycles. The van der Waals surface area contributed by atoms with E-state index in [1.807, 2.05) is 45.9 Å². The summed E-state index contributed by atoms with van der Waals surface area (Å²) in [4.78, 5) is 0. The molecule has 1 aliphatic rings. The number of aryl methyl sites for hydroxylation is 1. The van der Waals surface area contributed by atoms with Gasteiger partial charge in [0.05, 0.1) is 5.69 Å². The van der Waals surface area contributed by atoms with Crippen LogP contribution in [0.25, 0.3) is 0 Å². The smallest absolute Gasteiger partial charge is 0.302 e. The van der Waals surface area contributed by atoms with Gasteiger partial charge in [0, 0.05) is 18.1 Å². The largest absolute Gasteiger partial charge is 0.324 e. The van der Waals surface area contributed by atoms with E-state index in [2.05, 4.69) is 4.72 Å². The van der Waals surface area contributed by atoms with Crippen molar-refractivity contribution in [2.75, 3.05) is 10.8 Å². The van der Waals surface area contributed by atoms with Crippen molar-refractivity contribution >= 4 is 15.9 Å². The summed E-state index contributed by atoms with van der Waals surface area (Å²) in [5, 5.41) is 0. The first-order chi connectivity index (χ1) is 9.60. The molecule has 118 valence electrons. The SMILES string of the molecule is CC(N)c1ccc2c(c1)CCCN2S(=O)(=O)NC(C)(C)C. The van der Waals surface area contributed by atoms with Crippen LogP contribution >= 0.6 is 0 Å². The Bertz CT molecular complexity index is 618. The summed E-state index contributed by atoms with van der Waals surface area (Å²) in [7, 11) is -3.54. The molecule has 1 atom stereocenters. The van der Waals surface area contributed by atoms with Gasteiger partial charge in [0.15, 0.2) is 0 Å². The van der Waals surface area contributed by atoms with Gasteiger partial charge in [-0.25, -0.2) is 0 Å². The number of nitrogens with zero attached hydrogens (tertiary/aromatic N) is 1. The van der Waals surface area contributed by atoms with E-state index in [9.17, 15) is 8.42 Å². The van der Waals surface area contributed by atoms with Gasteiger partial charge in [0.2, 0.25) is 0 Å². The molecule has 0 saturated carbocycles. The van der Waals surface area contributed by atoms with Gasteiger partial charge in [0.1, 0.15) is 0 Å². The topological polar surface area (TPSA) is 75.4 Å². The van der Waals surface area contributed by atoms with Gasteiger partial charge in [-0.3, -0.25) is 4.31 Å². The maximum absolute atomic E-state index is 12.6. The van der Waals surface area contributed by atoms with E-state index in [1.54, 1.807) is 0 Å². The minimum atomic E-state index is -3.54. The number of benzene rings is 1. The Kier molecular flexibility index (Phi) is 4.33. The van der Waals surface area contributed by atoms with Crippen LogP contribution in [0.2, 0.25) is 0 Å². The number of hydrogen-bond acceptors (Lipinski definition) is 3. The van der Waals surface area contributed by atoms with Gasteiger partial charge in [-0.1, -0.05) is 12.1 Å². The highest BCUT2D eigenvalue weighted by Gasteiger charge is 2.30. The van der Waals surface area contributed by atoms with Crippen LogP contribution in [0.3, 0.4) is 0 Å². The van der Waals surface area contributed by atoms with Gasteiger partial charge < -0.3 is 5.73 Å². The zero-order chi connectivity index (χ0) is 15.8. The van der Waals surface area contributed by atoms with Crippen LogP contribution < -0.4 is 14.8 Å². The lowest BCUT2D eigenvalue weighted by molar-refractivity contribution is 0.487. The summed E-state index contributed by atoms with van der Waals surface area (Å²) in [6.45, 7) is 7.97. The third kappa shape index (κ3) is 3.75. The Morgan fingerprint density at radius 3 is 2.57 bits per heavy atom. The van der Waals surface area contributed by atoms with E-state index >= 15 is 0 Å². The van der Waals surface area contributed by atoms with E-state index in [0.717, 1.165) is 29.7 Å². The van der Waals surface area contributed by atoms with Crippen LogP contribution in [0.4, 0.5) is 5.69 Å². The molecule has 3 N–H and O–H groups in total. The van der Waals surface area contributed by atoms with Crippen molar-refractivity contribution in [3.8, 4) is 0 Å². The average Bonchev–Trinajstić information content (AvgIpc) is 2.34. The molecule has 1 aromatic rings. The van der Waals surface area contributed by atoms with Crippen molar-refractivity contribution in [2.24, 2.45) is 5.73 Å². The van der Waals surface area contributed by atoms with Crippen LogP contribution in [0, 0.1) is 0 Å². The highest BCUT2D eigenvalue weighted by atomic mass is 32.2. The van der Waals surface area contributed by atoms with Crippen molar-refractivity contribution < 1.29 is 8.42 Å². The summed E-state index contributed by atoms with van der Waals surface area (Å²) < 4.78 is 29.3. The molecule has 1 heterocycles. The molecule has 1 unspecified atom stereocenters. The predicted molar refractivity (Wildman–Crippen MR) is 86.5 cm³/mol. The highest BCUT2D eigenvalue weighted by molar-refractivity contribution is 7.90. The molecule has 2 rings (SSSR count). The van der Waals surface area contributed by atoms with Crippen LogP contribution in [0.1, 0.15) is 51.3 Å². The summed E-state index contributed by atoms with van der Waals surface area (Å²) in [5.41, 5.74) is 8.26. The monoisotopic (exact) mass is 311 g/mol. The molecule has 1 aromatic carbocycles. The Morgan fingerprint density at radius 2 is 2.00 bits per heavy atom. The Morgan fingerprint density at radius 1 is 1.33 bits per heavy atom. The zero-order valence-electron chi connectivity index (χ0n) is 13.2. The van der Waals surface area contributed by atoms with E-state index < -0.39 is 15.7 Å². The number of nitrogens with one attached hydrogen (secondary N) is 1. The fourth-order valence-corrected chi connectivity index (χ4v) is 4.25. The Balaban J connectivity index is 2.39. The Hall–Kier alpha value is -1.11. The number of nitrogens with two attached hydrogens (primary N) is 1. The first-order valence-electron chi connectivity index (χ1n) is 7.30. The fraction of sp³-hybridized carbons (Fsp3) is 0.600. The van der Waals surface area contributed by atoms with Crippen molar-refractivity contribution in [3.05, 3.63) is 29.3 Å². The molecule has 0 bridgehead atoms. The van der Waals surface area contributed by atoms with Crippen molar-refractivity contribution in [1.29, 1.82) is 0 Å². The normalized spacial score (nSPS) is 17.5. The van der Waals surface area contributed by atoms with Gasteiger partial charge in [0.25, 0.3) is 0 Å². The lowest BCUT2D eigenvalue weighted by Gasteiger charge is -2.33. The molecular weight excluding hydrogens is 286 g/mol. The summed E-state index contributed by atoms with van der Waals surface area (Å²) in [6.07, 6.45) is 1.71. The van der Waals surface area contributed by atoms with Crippen LogP contribution in [-0.2, 0) is 16.6 Å². The Labute approximate surface area is 127 Å². The van der Waals surface area contributed by atoms with Crippen LogP contribution in [0.5, 0.6) is 0 Å². The maximum atomic E-state index is 12.6. The van der Waals surface area contributed by atoms with E-state index in [0.29, 0.717) is 6.54 Å². The fourth-order valence-electron chi connectivity index (χ4n) is 2.56.